The fourth-order valence-corrected chi connectivity index (χ4v) is 1.64. The first-order valence-electron chi connectivity index (χ1n) is 5.56. The lowest BCUT2D eigenvalue weighted by atomic mass is 9.96. The third-order valence-electron chi connectivity index (χ3n) is 2.54. The smallest absolute Gasteiger partial charge is 0.169 e. The number of hydrogen-bond donors (Lipinski definition) is 0. The van der Waals surface area contributed by atoms with Gasteiger partial charge in [-0.25, -0.2) is 0 Å². The van der Waals surface area contributed by atoms with Crippen LogP contribution in [0.1, 0.15) is 51.9 Å². The Bertz CT molecular complexity index is 139. The first-order chi connectivity index (χ1) is 6.43. The number of nitrogens with zero attached hydrogens (tertiary/aromatic N) is 1. The summed E-state index contributed by atoms with van der Waals surface area (Å²) < 4.78 is 5.29. The van der Waals surface area contributed by atoms with Gasteiger partial charge in [0.25, 0.3) is 0 Å². The fourth-order valence-electron chi connectivity index (χ4n) is 1.64. The lowest BCUT2D eigenvalue weighted by molar-refractivity contribution is 0.305. The SMILES string of the molecule is CCCCOC=NC1CCCCC1. The van der Waals surface area contributed by atoms with Crippen LogP contribution in [0.15, 0.2) is 4.99 Å². The fraction of sp³-hybridized carbons (Fsp3) is 0.909. The maximum Gasteiger partial charge on any atom is 0.169 e. The molecule has 1 saturated carbocycles. The quantitative estimate of drug-likeness (QED) is 0.364. The van der Waals surface area contributed by atoms with E-state index in [2.05, 4.69) is 11.9 Å². The number of ether oxygens (including phenoxy) is 1. The molecule has 2 nitrogen and oxygen atoms in total. The predicted octanol–water partition coefficient (Wildman–Crippen LogP) is 3.16. The van der Waals surface area contributed by atoms with E-state index in [1.165, 1.54) is 38.5 Å². The Labute approximate surface area is 81.4 Å². The summed E-state index contributed by atoms with van der Waals surface area (Å²) in [6.07, 6.45) is 10.6. The van der Waals surface area contributed by atoms with Gasteiger partial charge in [-0.2, -0.15) is 0 Å². The van der Waals surface area contributed by atoms with Crippen LogP contribution in [-0.2, 0) is 4.74 Å². The number of aliphatic imine (C=N–C) groups is 1. The molecular weight excluding hydrogens is 162 g/mol. The highest BCUT2D eigenvalue weighted by Gasteiger charge is 2.10. The van der Waals surface area contributed by atoms with E-state index in [1.807, 2.05) is 0 Å². The molecule has 0 amide bonds. The van der Waals surface area contributed by atoms with Crippen molar-refractivity contribution < 1.29 is 4.74 Å². The Kier molecular flexibility index (Phi) is 5.62. The van der Waals surface area contributed by atoms with Crippen LogP contribution >= 0.6 is 0 Å². The van der Waals surface area contributed by atoms with Crippen LogP contribution in [0, 0.1) is 0 Å². The second-order valence-electron chi connectivity index (χ2n) is 3.77. The van der Waals surface area contributed by atoms with Gasteiger partial charge in [-0.3, -0.25) is 4.99 Å². The first kappa shape index (κ1) is 10.6. The van der Waals surface area contributed by atoms with E-state index >= 15 is 0 Å². The molecule has 0 unspecified atom stereocenters. The Balaban J connectivity index is 2.01. The largest absolute Gasteiger partial charge is 0.483 e. The van der Waals surface area contributed by atoms with Crippen molar-refractivity contribution in [1.29, 1.82) is 0 Å². The van der Waals surface area contributed by atoms with E-state index in [0.29, 0.717) is 6.04 Å². The van der Waals surface area contributed by atoms with Crippen molar-refractivity contribution in [3.05, 3.63) is 0 Å². The summed E-state index contributed by atoms with van der Waals surface area (Å²) >= 11 is 0. The minimum Gasteiger partial charge on any atom is -0.483 e. The molecule has 2 heteroatoms. The molecule has 0 aromatic carbocycles. The maximum atomic E-state index is 5.29. The summed E-state index contributed by atoms with van der Waals surface area (Å²) in [5, 5.41) is 0. The third kappa shape index (κ3) is 4.91. The van der Waals surface area contributed by atoms with Gasteiger partial charge in [0.2, 0.25) is 0 Å². The zero-order chi connectivity index (χ0) is 9.36. The monoisotopic (exact) mass is 183 g/mol. The minimum absolute atomic E-state index is 0.551. The van der Waals surface area contributed by atoms with Gasteiger partial charge in [0.15, 0.2) is 6.40 Å². The van der Waals surface area contributed by atoms with E-state index in [0.717, 1.165) is 13.0 Å². The highest BCUT2D eigenvalue weighted by atomic mass is 16.5. The summed E-state index contributed by atoms with van der Waals surface area (Å²) in [5.74, 6) is 0. The van der Waals surface area contributed by atoms with Gasteiger partial charge in [-0.05, 0) is 19.3 Å². The molecule has 0 aromatic rings. The van der Waals surface area contributed by atoms with Crippen LogP contribution in [0.2, 0.25) is 0 Å². The summed E-state index contributed by atoms with van der Waals surface area (Å²) in [6, 6.07) is 0.551. The zero-order valence-electron chi connectivity index (χ0n) is 8.67. The van der Waals surface area contributed by atoms with Crippen molar-refractivity contribution in [2.24, 2.45) is 4.99 Å². The Morgan fingerprint density at radius 1 is 1.31 bits per heavy atom. The van der Waals surface area contributed by atoms with Crippen molar-refractivity contribution in [3.63, 3.8) is 0 Å². The summed E-state index contributed by atoms with van der Waals surface area (Å²) in [7, 11) is 0. The Morgan fingerprint density at radius 3 is 2.77 bits per heavy atom. The predicted molar refractivity (Wildman–Crippen MR) is 56.2 cm³/mol. The minimum atomic E-state index is 0.551. The van der Waals surface area contributed by atoms with Crippen LogP contribution in [0.25, 0.3) is 0 Å². The van der Waals surface area contributed by atoms with E-state index < -0.39 is 0 Å². The maximum absolute atomic E-state index is 5.29. The molecule has 0 N–H and O–H groups in total. The van der Waals surface area contributed by atoms with Crippen LogP contribution in [0.5, 0.6) is 0 Å². The van der Waals surface area contributed by atoms with Crippen molar-refractivity contribution in [2.45, 2.75) is 57.9 Å². The first-order valence-corrected chi connectivity index (χ1v) is 5.56. The lowest BCUT2D eigenvalue weighted by Gasteiger charge is -2.16. The van der Waals surface area contributed by atoms with Crippen molar-refractivity contribution in [2.75, 3.05) is 6.61 Å². The van der Waals surface area contributed by atoms with Gasteiger partial charge in [-0.1, -0.05) is 32.6 Å². The number of rotatable bonds is 5. The molecule has 1 aliphatic carbocycles. The van der Waals surface area contributed by atoms with E-state index in [1.54, 1.807) is 6.40 Å². The summed E-state index contributed by atoms with van der Waals surface area (Å²) in [6.45, 7) is 2.99. The van der Waals surface area contributed by atoms with Gasteiger partial charge in [0.1, 0.15) is 0 Å². The molecular formula is C11H21NO. The van der Waals surface area contributed by atoms with Crippen LogP contribution in [0.4, 0.5) is 0 Å². The molecule has 0 bridgehead atoms. The van der Waals surface area contributed by atoms with Gasteiger partial charge >= 0.3 is 0 Å². The Hall–Kier alpha value is -0.530. The molecule has 1 rings (SSSR count). The average Bonchev–Trinajstić information content (AvgIpc) is 2.19. The molecule has 0 heterocycles. The van der Waals surface area contributed by atoms with E-state index in [9.17, 15) is 0 Å². The zero-order valence-corrected chi connectivity index (χ0v) is 8.67. The van der Waals surface area contributed by atoms with Gasteiger partial charge in [0.05, 0.1) is 12.6 Å². The van der Waals surface area contributed by atoms with E-state index in [4.69, 9.17) is 4.74 Å². The molecule has 0 atom stereocenters. The lowest BCUT2D eigenvalue weighted by Crippen LogP contribution is -2.10. The van der Waals surface area contributed by atoms with E-state index in [-0.39, 0.29) is 0 Å². The van der Waals surface area contributed by atoms with Crippen molar-refractivity contribution in [1.82, 2.24) is 0 Å². The van der Waals surface area contributed by atoms with Crippen molar-refractivity contribution >= 4 is 6.40 Å². The second kappa shape index (κ2) is 6.93. The van der Waals surface area contributed by atoms with Crippen LogP contribution < -0.4 is 0 Å². The van der Waals surface area contributed by atoms with Crippen LogP contribution in [-0.4, -0.2) is 19.0 Å². The molecule has 0 saturated heterocycles. The summed E-state index contributed by atoms with van der Waals surface area (Å²) in [5.41, 5.74) is 0. The molecule has 1 fully saturated rings. The highest BCUT2D eigenvalue weighted by molar-refractivity contribution is 5.46. The molecule has 13 heavy (non-hydrogen) atoms. The second-order valence-corrected chi connectivity index (χ2v) is 3.77. The van der Waals surface area contributed by atoms with Crippen molar-refractivity contribution in [3.8, 4) is 0 Å². The van der Waals surface area contributed by atoms with Gasteiger partial charge < -0.3 is 4.74 Å². The Morgan fingerprint density at radius 2 is 2.08 bits per heavy atom. The standard InChI is InChI=1S/C11H21NO/c1-2-3-9-13-10-12-11-7-5-4-6-8-11/h10-11H,2-9H2,1H3. The molecule has 0 aliphatic heterocycles. The third-order valence-corrected chi connectivity index (χ3v) is 2.54. The van der Waals surface area contributed by atoms with Gasteiger partial charge in [0, 0.05) is 0 Å². The van der Waals surface area contributed by atoms with Crippen LogP contribution in [0.3, 0.4) is 0 Å². The molecule has 1 aliphatic rings. The molecule has 76 valence electrons. The average molecular weight is 183 g/mol. The number of hydrogen-bond acceptors (Lipinski definition) is 2. The number of unbranched alkanes of at least 4 members (excludes halogenated alkanes) is 1. The molecule has 0 spiro atoms. The molecule has 0 aromatic heterocycles. The molecule has 0 radical (unpaired) electrons. The highest BCUT2D eigenvalue weighted by Crippen LogP contribution is 2.19. The summed E-state index contributed by atoms with van der Waals surface area (Å²) in [4.78, 5) is 4.41. The topological polar surface area (TPSA) is 21.6 Å². The normalized spacial score (nSPS) is 19.5. The van der Waals surface area contributed by atoms with Gasteiger partial charge in [-0.15, -0.1) is 0 Å².